The van der Waals surface area contributed by atoms with Gasteiger partial charge in [0.25, 0.3) is 0 Å². The maximum atomic E-state index is 12.2. The quantitative estimate of drug-likeness (QED) is 0.239. The van der Waals surface area contributed by atoms with Crippen molar-refractivity contribution in [2.75, 3.05) is 11.9 Å². The lowest BCUT2D eigenvalue weighted by molar-refractivity contribution is -0.136. The van der Waals surface area contributed by atoms with Crippen molar-refractivity contribution in [2.45, 2.75) is 13.5 Å². The van der Waals surface area contributed by atoms with Crippen LogP contribution in [0.1, 0.15) is 18.1 Å². The number of ether oxygens (including phenoxy) is 2. The van der Waals surface area contributed by atoms with Gasteiger partial charge in [0.1, 0.15) is 18.1 Å². The standard InChI is InChI=1S/C24H21BrClN3O4/c1-2-32-22-10-6-5-9-20(22)28-23(30)24(31)29-27-14-17-13-18(25)11-12-21(17)33-15-16-7-3-4-8-19(16)26/h3-14H,2,15H2,1H3,(H,28,30)(H,29,31)/b27-14-. The predicted molar refractivity (Wildman–Crippen MR) is 132 cm³/mol. The van der Waals surface area contributed by atoms with E-state index in [1.165, 1.54) is 6.21 Å². The minimum Gasteiger partial charge on any atom is -0.492 e. The molecule has 0 aliphatic heterocycles. The van der Waals surface area contributed by atoms with Gasteiger partial charge < -0.3 is 14.8 Å². The number of anilines is 1. The Kier molecular flexibility index (Phi) is 8.86. The molecule has 3 aromatic rings. The van der Waals surface area contributed by atoms with Crippen LogP contribution in [0.15, 0.2) is 76.3 Å². The van der Waals surface area contributed by atoms with Gasteiger partial charge in [-0.2, -0.15) is 5.10 Å². The van der Waals surface area contributed by atoms with Crippen LogP contribution in [-0.2, 0) is 16.2 Å². The first-order valence-electron chi connectivity index (χ1n) is 10.00. The highest BCUT2D eigenvalue weighted by molar-refractivity contribution is 9.10. The smallest absolute Gasteiger partial charge is 0.329 e. The molecule has 170 valence electrons. The van der Waals surface area contributed by atoms with Crippen LogP contribution < -0.4 is 20.2 Å². The summed E-state index contributed by atoms with van der Waals surface area (Å²) in [6.07, 6.45) is 1.39. The van der Waals surface area contributed by atoms with Crippen LogP contribution >= 0.6 is 27.5 Å². The zero-order chi connectivity index (χ0) is 23.6. The number of carbonyl (C=O) groups excluding carboxylic acids is 2. The lowest BCUT2D eigenvalue weighted by Crippen LogP contribution is -2.32. The Labute approximate surface area is 204 Å². The van der Waals surface area contributed by atoms with E-state index < -0.39 is 11.8 Å². The molecule has 7 nitrogen and oxygen atoms in total. The molecule has 0 aliphatic carbocycles. The largest absolute Gasteiger partial charge is 0.492 e. The summed E-state index contributed by atoms with van der Waals surface area (Å²) in [5.41, 5.74) is 4.04. The highest BCUT2D eigenvalue weighted by Crippen LogP contribution is 2.25. The zero-order valence-electron chi connectivity index (χ0n) is 17.7. The molecule has 3 rings (SSSR count). The Morgan fingerprint density at radius 3 is 2.55 bits per heavy atom. The third kappa shape index (κ3) is 7.06. The first kappa shape index (κ1) is 24.3. The van der Waals surface area contributed by atoms with Crippen LogP contribution in [0.5, 0.6) is 11.5 Å². The van der Waals surface area contributed by atoms with Crippen molar-refractivity contribution in [3.8, 4) is 11.5 Å². The summed E-state index contributed by atoms with van der Waals surface area (Å²) in [6.45, 7) is 2.52. The lowest BCUT2D eigenvalue weighted by atomic mass is 10.2. The molecule has 0 unspecified atom stereocenters. The molecule has 9 heteroatoms. The van der Waals surface area contributed by atoms with Crippen molar-refractivity contribution in [1.29, 1.82) is 0 Å². The number of rotatable bonds is 8. The second-order valence-corrected chi connectivity index (χ2v) is 7.97. The molecule has 2 amide bonds. The molecular formula is C24H21BrClN3O4. The van der Waals surface area contributed by atoms with Crippen LogP contribution in [0.3, 0.4) is 0 Å². The van der Waals surface area contributed by atoms with Gasteiger partial charge in [0, 0.05) is 20.6 Å². The Morgan fingerprint density at radius 1 is 1.00 bits per heavy atom. The maximum Gasteiger partial charge on any atom is 0.329 e. The summed E-state index contributed by atoms with van der Waals surface area (Å²) in [4.78, 5) is 24.4. The van der Waals surface area contributed by atoms with Crippen LogP contribution in [-0.4, -0.2) is 24.6 Å². The van der Waals surface area contributed by atoms with Crippen LogP contribution in [0, 0.1) is 0 Å². The SMILES string of the molecule is CCOc1ccccc1NC(=O)C(=O)N/N=C\c1cc(Br)ccc1OCc1ccccc1Cl. The summed E-state index contributed by atoms with van der Waals surface area (Å²) in [6, 6.07) is 19.6. The molecule has 0 fully saturated rings. The van der Waals surface area contributed by atoms with E-state index in [4.69, 9.17) is 21.1 Å². The molecule has 3 aromatic carbocycles. The maximum absolute atomic E-state index is 12.2. The number of hydrogen-bond acceptors (Lipinski definition) is 5. The first-order chi connectivity index (χ1) is 16.0. The lowest BCUT2D eigenvalue weighted by Gasteiger charge is -2.11. The van der Waals surface area contributed by atoms with E-state index in [1.807, 2.05) is 31.2 Å². The fourth-order valence-electron chi connectivity index (χ4n) is 2.76. The van der Waals surface area contributed by atoms with Gasteiger partial charge in [-0.15, -0.1) is 0 Å². The highest BCUT2D eigenvalue weighted by Gasteiger charge is 2.15. The average Bonchev–Trinajstić information content (AvgIpc) is 2.81. The number of nitrogens with zero attached hydrogens (tertiary/aromatic N) is 1. The number of halogens is 2. The Morgan fingerprint density at radius 2 is 1.76 bits per heavy atom. The predicted octanol–water partition coefficient (Wildman–Crippen LogP) is 5.17. The third-order valence-electron chi connectivity index (χ3n) is 4.32. The number of benzene rings is 3. The van der Waals surface area contributed by atoms with Crippen molar-refractivity contribution in [2.24, 2.45) is 5.10 Å². The van der Waals surface area contributed by atoms with Crippen LogP contribution in [0.25, 0.3) is 0 Å². The molecule has 0 aromatic heterocycles. The van der Waals surface area contributed by atoms with E-state index in [-0.39, 0.29) is 6.61 Å². The molecule has 0 atom stereocenters. The van der Waals surface area contributed by atoms with Crippen molar-refractivity contribution in [1.82, 2.24) is 5.43 Å². The Bertz CT molecular complexity index is 1170. The van der Waals surface area contributed by atoms with E-state index in [0.29, 0.717) is 34.4 Å². The van der Waals surface area contributed by atoms with Gasteiger partial charge in [0.2, 0.25) is 0 Å². The number of hydrazone groups is 1. The van der Waals surface area contributed by atoms with Crippen molar-refractivity contribution in [3.63, 3.8) is 0 Å². The van der Waals surface area contributed by atoms with E-state index in [9.17, 15) is 9.59 Å². The fraction of sp³-hybridized carbons (Fsp3) is 0.125. The number of carbonyl (C=O) groups is 2. The molecule has 0 saturated heterocycles. The summed E-state index contributed by atoms with van der Waals surface area (Å²) < 4.78 is 12.1. The van der Waals surface area contributed by atoms with Crippen LogP contribution in [0.4, 0.5) is 5.69 Å². The van der Waals surface area contributed by atoms with Gasteiger partial charge in [0.15, 0.2) is 0 Å². The topological polar surface area (TPSA) is 89.0 Å². The molecular weight excluding hydrogens is 510 g/mol. The van der Waals surface area contributed by atoms with E-state index in [0.717, 1.165) is 10.0 Å². The van der Waals surface area contributed by atoms with Crippen molar-refractivity contribution >= 4 is 51.2 Å². The summed E-state index contributed by atoms with van der Waals surface area (Å²) in [5.74, 6) is -0.792. The number of hydrogen-bond donors (Lipinski definition) is 2. The summed E-state index contributed by atoms with van der Waals surface area (Å²) in [5, 5.41) is 7.01. The number of amides is 2. The minimum atomic E-state index is -0.925. The highest BCUT2D eigenvalue weighted by atomic mass is 79.9. The van der Waals surface area contributed by atoms with Crippen molar-refractivity contribution in [3.05, 3.63) is 87.4 Å². The first-order valence-corrected chi connectivity index (χ1v) is 11.2. The van der Waals surface area contributed by atoms with Gasteiger partial charge in [0.05, 0.1) is 18.5 Å². The zero-order valence-corrected chi connectivity index (χ0v) is 20.0. The molecule has 0 heterocycles. The molecule has 0 saturated carbocycles. The number of para-hydroxylation sites is 2. The second-order valence-electron chi connectivity index (χ2n) is 6.64. The van der Waals surface area contributed by atoms with E-state index in [1.54, 1.807) is 42.5 Å². The normalized spacial score (nSPS) is 10.6. The minimum absolute atomic E-state index is 0.260. The Hall–Kier alpha value is -3.36. The van der Waals surface area contributed by atoms with E-state index >= 15 is 0 Å². The second kappa shape index (κ2) is 12.0. The van der Waals surface area contributed by atoms with Crippen molar-refractivity contribution < 1.29 is 19.1 Å². The molecule has 0 radical (unpaired) electrons. The molecule has 0 bridgehead atoms. The monoisotopic (exact) mass is 529 g/mol. The third-order valence-corrected chi connectivity index (χ3v) is 5.19. The fourth-order valence-corrected chi connectivity index (χ4v) is 3.33. The van der Waals surface area contributed by atoms with Crippen LogP contribution in [0.2, 0.25) is 5.02 Å². The van der Waals surface area contributed by atoms with E-state index in [2.05, 4.69) is 31.8 Å². The van der Waals surface area contributed by atoms with Gasteiger partial charge in [-0.05, 0) is 43.3 Å². The van der Waals surface area contributed by atoms with Gasteiger partial charge in [-0.1, -0.05) is 57.9 Å². The molecule has 0 spiro atoms. The van der Waals surface area contributed by atoms with Gasteiger partial charge in [-0.25, -0.2) is 5.43 Å². The molecule has 33 heavy (non-hydrogen) atoms. The summed E-state index contributed by atoms with van der Waals surface area (Å²) in [7, 11) is 0. The molecule has 2 N–H and O–H groups in total. The molecule has 0 aliphatic rings. The Balaban J connectivity index is 1.63. The van der Waals surface area contributed by atoms with Gasteiger partial charge in [-0.3, -0.25) is 9.59 Å². The average molecular weight is 531 g/mol. The number of nitrogens with one attached hydrogen (secondary N) is 2. The summed E-state index contributed by atoms with van der Waals surface area (Å²) >= 11 is 9.58. The van der Waals surface area contributed by atoms with Gasteiger partial charge >= 0.3 is 11.8 Å².